The van der Waals surface area contributed by atoms with Gasteiger partial charge in [-0.3, -0.25) is 0 Å². The van der Waals surface area contributed by atoms with E-state index in [1.807, 2.05) is 0 Å². The fourth-order valence-electron chi connectivity index (χ4n) is 2.26. The monoisotopic (exact) mass is 273 g/mol. The molecule has 102 valence electrons. The van der Waals surface area contributed by atoms with Gasteiger partial charge >= 0.3 is 0 Å². The normalized spacial score (nSPS) is 25.2. The van der Waals surface area contributed by atoms with Crippen LogP contribution in [0.1, 0.15) is 43.9 Å². The third-order valence-corrected chi connectivity index (χ3v) is 4.05. The van der Waals surface area contributed by atoms with Crippen molar-refractivity contribution in [3.8, 4) is 0 Å². The minimum atomic E-state index is -3.12. The molecule has 0 radical (unpaired) electrons. The van der Waals surface area contributed by atoms with Crippen LogP contribution in [-0.2, 0) is 15.6 Å². The van der Waals surface area contributed by atoms with Crippen molar-refractivity contribution in [1.82, 2.24) is 15.5 Å². The fourth-order valence-corrected chi connectivity index (χ4v) is 2.84. The first-order valence-corrected chi connectivity index (χ1v) is 8.27. The predicted molar refractivity (Wildman–Crippen MR) is 66.6 cm³/mol. The van der Waals surface area contributed by atoms with Gasteiger partial charge in [0.05, 0.1) is 6.04 Å². The maximum atomic E-state index is 11.1. The highest BCUT2D eigenvalue weighted by atomic mass is 32.2. The summed E-state index contributed by atoms with van der Waals surface area (Å²) in [6, 6.07) is 0.0597. The highest BCUT2D eigenvalue weighted by Gasteiger charge is 2.26. The van der Waals surface area contributed by atoms with Crippen LogP contribution < -0.4 is 5.32 Å². The quantitative estimate of drug-likeness (QED) is 0.883. The lowest BCUT2D eigenvalue weighted by molar-refractivity contribution is 0.245. The van der Waals surface area contributed by atoms with Crippen LogP contribution in [0.4, 0.5) is 0 Å². The first kappa shape index (κ1) is 13.5. The average Bonchev–Trinajstić information content (AvgIpc) is 2.75. The maximum Gasteiger partial charge on any atom is 0.243 e. The molecule has 1 aliphatic heterocycles. The molecule has 1 N–H and O–H groups in total. The molecule has 1 fully saturated rings. The molecule has 0 aromatic carbocycles. The Labute approximate surface area is 107 Å². The van der Waals surface area contributed by atoms with Gasteiger partial charge in [0.1, 0.15) is 5.75 Å². The van der Waals surface area contributed by atoms with Gasteiger partial charge in [-0.1, -0.05) is 18.5 Å². The van der Waals surface area contributed by atoms with Gasteiger partial charge in [-0.05, 0) is 25.3 Å². The summed E-state index contributed by atoms with van der Waals surface area (Å²) < 4.78 is 27.4. The summed E-state index contributed by atoms with van der Waals surface area (Å²) in [6.45, 7) is 3.11. The molecular formula is C11H19N3O3S. The lowest BCUT2D eigenvalue weighted by atomic mass is 9.90. The summed E-state index contributed by atoms with van der Waals surface area (Å²) in [6.07, 6.45) is 4.44. The topological polar surface area (TPSA) is 85.1 Å². The van der Waals surface area contributed by atoms with Crippen LogP contribution in [0.3, 0.4) is 0 Å². The number of sulfone groups is 1. The van der Waals surface area contributed by atoms with E-state index in [1.165, 1.54) is 0 Å². The smallest absolute Gasteiger partial charge is 0.243 e. The van der Waals surface area contributed by atoms with Crippen LogP contribution in [0.2, 0.25) is 0 Å². The summed E-state index contributed by atoms with van der Waals surface area (Å²) in [7, 11) is -3.12. The van der Waals surface area contributed by atoms with E-state index >= 15 is 0 Å². The molecule has 7 heteroatoms. The Morgan fingerprint density at radius 1 is 1.50 bits per heavy atom. The first-order valence-electron chi connectivity index (χ1n) is 6.21. The van der Waals surface area contributed by atoms with E-state index in [9.17, 15) is 8.42 Å². The molecule has 0 spiro atoms. The molecule has 6 nitrogen and oxygen atoms in total. The van der Waals surface area contributed by atoms with E-state index in [0.717, 1.165) is 32.1 Å². The molecule has 0 aliphatic carbocycles. The van der Waals surface area contributed by atoms with Crippen molar-refractivity contribution in [3.63, 3.8) is 0 Å². The lowest BCUT2D eigenvalue weighted by Crippen LogP contribution is -2.31. The minimum absolute atomic E-state index is 0.0597. The van der Waals surface area contributed by atoms with Gasteiger partial charge in [0.25, 0.3) is 0 Å². The first-order chi connectivity index (χ1) is 8.48. The maximum absolute atomic E-state index is 11.1. The van der Waals surface area contributed by atoms with Gasteiger partial charge in [0.15, 0.2) is 15.7 Å². The summed E-state index contributed by atoms with van der Waals surface area (Å²) >= 11 is 0. The molecule has 1 aromatic rings. The number of rotatable bonds is 4. The van der Waals surface area contributed by atoms with Gasteiger partial charge in [-0.25, -0.2) is 8.42 Å². The Morgan fingerprint density at radius 2 is 2.28 bits per heavy atom. The second-order valence-electron chi connectivity index (χ2n) is 4.92. The van der Waals surface area contributed by atoms with Crippen molar-refractivity contribution >= 4 is 9.84 Å². The standard InChI is InChI=1S/C11H19N3O3S/c1-3-8-4-5-12-9(6-8)11-13-10(14-17-11)7-18(2,15)16/h8-9,12H,3-7H2,1-2H3. The van der Waals surface area contributed by atoms with E-state index in [1.54, 1.807) is 0 Å². The number of piperidine rings is 1. The van der Waals surface area contributed by atoms with Crippen molar-refractivity contribution in [2.75, 3.05) is 12.8 Å². The largest absolute Gasteiger partial charge is 0.338 e. The van der Waals surface area contributed by atoms with Crippen molar-refractivity contribution in [2.24, 2.45) is 5.92 Å². The second-order valence-corrected chi connectivity index (χ2v) is 7.06. The molecule has 1 saturated heterocycles. The molecule has 0 amide bonds. The number of hydrogen-bond donors (Lipinski definition) is 1. The third kappa shape index (κ3) is 3.52. The van der Waals surface area contributed by atoms with Gasteiger partial charge in [0.2, 0.25) is 5.89 Å². The molecule has 0 saturated carbocycles. The van der Waals surface area contributed by atoms with Crippen LogP contribution in [0.25, 0.3) is 0 Å². The second kappa shape index (κ2) is 5.36. The van der Waals surface area contributed by atoms with Gasteiger partial charge in [-0.2, -0.15) is 4.98 Å². The number of nitrogens with zero attached hydrogens (tertiary/aromatic N) is 2. The Hall–Kier alpha value is -0.950. The highest BCUT2D eigenvalue weighted by molar-refractivity contribution is 7.89. The minimum Gasteiger partial charge on any atom is -0.338 e. The highest BCUT2D eigenvalue weighted by Crippen LogP contribution is 2.28. The van der Waals surface area contributed by atoms with Crippen molar-refractivity contribution in [1.29, 1.82) is 0 Å². The fraction of sp³-hybridized carbons (Fsp3) is 0.818. The van der Waals surface area contributed by atoms with Crippen LogP contribution >= 0.6 is 0 Å². The van der Waals surface area contributed by atoms with Gasteiger partial charge in [0, 0.05) is 6.26 Å². The van der Waals surface area contributed by atoms with E-state index in [0.29, 0.717) is 11.8 Å². The lowest BCUT2D eigenvalue weighted by Gasteiger charge is -2.27. The van der Waals surface area contributed by atoms with E-state index < -0.39 is 9.84 Å². The van der Waals surface area contributed by atoms with Gasteiger partial charge in [-0.15, -0.1) is 0 Å². The molecule has 0 bridgehead atoms. The Kier molecular flexibility index (Phi) is 4.01. The molecular weight excluding hydrogens is 254 g/mol. The average molecular weight is 273 g/mol. The van der Waals surface area contributed by atoms with Gasteiger partial charge < -0.3 is 9.84 Å². The zero-order valence-corrected chi connectivity index (χ0v) is 11.5. The molecule has 1 aromatic heterocycles. The third-order valence-electron chi connectivity index (χ3n) is 3.26. The molecule has 2 rings (SSSR count). The molecule has 2 unspecified atom stereocenters. The number of aromatic nitrogens is 2. The van der Waals surface area contributed by atoms with Crippen LogP contribution in [-0.4, -0.2) is 31.4 Å². The molecule has 2 atom stereocenters. The molecule has 2 heterocycles. The number of nitrogens with one attached hydrogen (secondary N) is 1. The molecule has 1 aliphatic rings. The van der Waals surface area contributed by atoms with E-state index in [4.69, 9.17) is 4.52 Å². The van der Waals surface area contributed by atoms with Crippen molar-refractivity contribution in [3.05, 3.63) is 11.7 Å². The van der Waals surface area contributed by atoms with Crippen LogP contribution in [0.15, 0.2) is 4.52 Å². The molecule has 18 heavy (non-hydrogen) atoms. The van der Waals surface area contributed by atoms with Crippen LogP contribution in [0.5, 0.6) is 0 Å². The van der Waals surface area contributed by atoms with E-state index in [-0.39, 0.29) is 17.6 Å². The Bertz CT molecular complexity index is 497. The summed E-state index contributed by atoms with van der Waals surface area (Å²) in [5.41, 5.74) is 0. The SMILES string of the molecule is CCC1CCNC(c2nc(CS(C)(=O)=O)no2)C1. The zero-order valence-electron chi connectivity index (χ0n) is 10.7. The summed E-state index contributed by atoms with van der Waals surface area (Å²) in [5, 5.41) is 7.05. The Morgan fingerprint density at radius 3 is 2.94 bits per heavy atom. The van der Waals surface area contributed by atoms with Crippen molar-refractivity contribution in [2.45, 2.75) is 38.0 Å². The van der Waals surface area contributed by atoms with Crippen molar-refractivity contribution < 1.29 is 12.9 Å². The van der Waals surface area contributed by atoms with Crippen LogP contribution in [0, 0.1) is 5.92 Å². The summed E-state index contributed by atoms with van der Waals surface area (Å²) in [5.74, 6) is 1.25. The van der Waals surface area contributed by atoms with E-state index in [2.05, 4.69) is 22.4 Å². The zero-order chi connectivity index (χ0) is 13.2. The predicted octanol–water partition coefficient (Wildman–Crippen LogP) is 1.06. The Balaban J connectivity index is 2.05. The summed E-state index contributed by atoms with van der Waals surface area (Å²) in [4.78, 5) is 4.17. The number of hydrogen-bond acceptors (Lipinski definition) is 6.